The van der Waals surface area contributed by atoms with Gasteiger partial charge in [-0.1, -0.05) is 31.0 Å². The molecule has 116 valence electrons. The zero-order chi connectivity index (χ0) is 15.1. The van der Waals surface area contributed by atoms with E-state index in [2.05, 4.69) is 0 Å². The van der Waals surface area contributed by atoms with Gasteiger partial charge in [-0.2, -0.15) is 0 Å². The van der Waals surface area contributed by atoms with Gasteiger partial charge in [0.15, 0.2) is 6.61 Å². The molecule has 1 aromatic carbocycles. The normalized spacial score (nSPS) is 19.1. The van der Waals surface area contributed by atoms with Gasteiger partial charge in [0.1, 0.15) is 5.75 Å². The summed E-state index contributed by atoms with van der Waals surface area (Å²) < 4.78 is 5.62. The number of aliphatic hydroxyl groups excluding tert-OH is 1. The first-order valence-corrected chi connectivity index (χ1v) is 7.57. The van der Waals surface area contributed by atoms with E-state index in [-0.39, 0.29) is 25.2 Å². The largest absolute Gasteiger partial charge is 0.483 e. The molecule has 2 rings (SSSR count). The molecular formula is C16H24N2O3. The summed E-state index contributed by atoms with van der Waals surface area (Å²) in [5.74, 6) is 0.589. The maximum absolute atomic E-state index is 12.4. The van der Waals surface area contributed by atoms with Gasteiger partial charge in [0.25, 0.3) is 5.91 Å². The summed E-state index contributed by atoms with van der Waals surface area (Å²) >= 11 is 0. The number of hydrogen-bond donors (Lipinski definition) is 2. The monoisotopic (exact) mass is 292 g/mol. The molecule has 0 spiro atoms. The fourth-order valence-corrected chi connectivity index (χ4v) is 2.73. The van der Waals surface area contributed by atoms with Gasteiger partial charge in [-0.3, -0.25) is 4.79 Å². The number of rotatable bonds is 5. The maximum Gasteiger partial charge on any atom is 0.260 e. The number of carbonyl (C=O) groups is 1. The number of ether oxygens (including phenoxy) is 1. The number of para-hydroxylation sites is 1. The lowest BCUT2D eigenvalue weighted by atomic mass is 10.1. The van der Waals surface area contributed by atoms with Crippen LogP contribution < -0.4 is 10.5 Å². The summed E-state index contributed by atoms with van der Waals surface area (Å²) in [5.41, 5.74) is 6.54. The van der Waals surface area contributed by atoms with Crippen molar-refractivity contribution in [2.24, 2.45) is 5.73 Å². The predicted octanol–water partition coefficient (Wildman–Crippen LogP) is 1.29. The molecule has 0 bridgehead atoms. The third-order valence-corrected chi connectivity index (χ3v) is 3.95. The van der Waals surface area contributed by atoms with Crippen molar-refractivity contribution in [1.29, 1.82) is 0 Å². The topological polar surface area (TPSA) is 75.8 Å². The fourth-order valence-electron chi connectivity index (χ4n) is 2.73. The Bertz CT molecular complexity index is 465. The van der Waals surface area contributed by atoms with Crippen molar-refractivity contribution in [1.82, 2.24) is 4.90 Å². The summed E-state index contributed by atoms with van der Waals surface area (Å²) in [4.78, 5) is 14.1. The van der Waals surface area contributed by atoms with Gasteiger partial charge in [0.2, 0.25) is 0 Å². The van der Waals surface area contributed by atoms with Crippen LogP contribution in [0.3, 0.4) is 0 Å². The molecule has 1 saturated heterocycles. The zero-order valence-corrected chi connectivity index (χ0v) is 12.3. The van der Waals surface area contributed by atoms with Crippen LogP contribution in [0.15, 0.2) is 24.3 Å². The molecule has 3 N–H and O–H groups in total. The van der Waals surface area contributed by atoms with Gasteiger partial charge in [0, 0.05) is 18.7 Å². The molecule has 1 aliphatic rings. The minimum absolute atomic E-state index is 0.00644. The van der Waals surface area contributed by atoms with E-state index in [0.29, 0.717) is 18.8 Å². The Hall–Kier alpha value is -1.59. The van der Waals surface area contributed by atoms with E-state index >= 15 is 0 Å². The van der Waals surface area contributed by atoms with Crippen molar-refractivity contribution >= 4 is 5.91 Å². The lowest BCUT2D eigenvalue weighted by Crippen LogP contribution is -2.44. The van der Waals surface area contributed by atoms with Gasteiger partial charge in [-0.25, -0.2) is 0 Å². The lowest BCUT2D eigenvalue weighted by molar-refractivity contribution is -0.136. The van der Waals surface area contributed by atoms with Crippen LogP contribution in [0.25, 0.3) is 0 Å². The van der Waals surface area contributed by atoms with E-state index in [1.54, 1.807) is 4.90 Å². The minimum atomic E-state index is -0.0756. The molecule has 1 fully saturated rings. The highest BCUT2D eigenvalue weighted by atomic mass is 16.5. The number of hydrogen-bond acceptors (Lipinski definition) is 4. The molecule has 1 atom stereocenters. The Labute approximate surface area is 125 Å². The van der Waals surface area contributed by atoms with Crippen LogP contribution in [0.1, 0.15) is 31.2 Å². The lowest BCUT2D eigenvalue weighted by Gasteiger charge is -2.28. The molecule has 1 aliphatic heterocycles. The highest BCUT2D eigenvalue weighted by Gasteiger charge is 2.25. The molecule has 5 nitrogen and oxygen atoms in total. The number of amides is 1. The van der Waals surface area contributed by atoms with E-state index in [1.165, 1.54) is 0 Å². The predicted molar refractivity (Wildman–Crippen MR) is 80.9 cm³/mol. The second-order valence-corrected chi connectivity index (χ2v) is 5.37. The standard InChI is InChI=1S/C16H24N2O3/c17-10-13-6-3-4-8-15(13)21-12-16(20)18-9-5-1-2-7-14(18)11-19/h3-4,6,8,14,19H,1-2,5,7,9-12,17H2. The van der Waals surface area contributed by atoms with Crippen molar-refractivity contribution in [3.8, 4) is 5.75 Å². The summed E-state index contributed by atoms with van der Waals surface area (Å²) in [7, 11) is 0. The average Bonchev–Trinajstić information content (AvgIpc) is 2.78. The third-order valence-electron chi connectivity index (χ3n) is 3.95. The van der Waals surface area contributed by atoms with E-state index in [0.717, 1.165) is 31.2 Å². The maximum atomic E-state index is 12.4. The Morgan fingerprint density at radius 3 is 2.90 bits per heavy atom. The van der Waals surface area contributed by atoms with Gasteiger partial charge < -0.3 is 20.5 Å². The first kappa shape index (κ1) is 15.8. The molecule has 0 aliphatic carbocycles. The van der Waals surface area contributed by atoms with Crippen molar-refractivity contribution in [2.75, 3.05) is 19.8 Å². The van der Waals surface area contributed by atoms with Gasteiger partial charge in [-0.15, -0.1) is 0 Å². The average molecular weight is 292 g/mol. The second-order valence-electron chi connectivity index (χ2n) is 5.37. The van der Waals surface area contributed by atoms with Crippen LogP contribution in [0.2, 0.25) is 0 Å². The number of nitrogens with zero attached hydrogens (tertiary/aromatic N) is 1. The van der Waals surface area contributed by atoms with Crippen molar-refractivity contribution in [3.05, 3.63) is 29.8 Å². The highest BCUT2D eigenvalue weighted by molar-refractivity contribution is 5.78. The van der Waals surface area contributed by atoms with Crippen molar-refractivity contribution in [2.45, 2.75) is 38.3 Å². The Kier molecular flexibility index (Phi) is 6.02. The van der Waals surface area contributed by atoms with Gasteiger partial charge >= 0.3 is 0 Å². The summed E-state index contributed by atoms with van der Waals surface area (Å²) in [6.45, 7) is 1.10. The van der Waals surface area contributed by atoms with Gasteiger partial charge in [0.05, 0.1) is 12.6 Å². The van der Waals surface area contributed by atoms with Gasteiger partial charge in [-0.05, 0) is 18.9 Å². The molecule has 5 heteroatoms. The quantitative estimate of drug-likeness (QED) is 0.857. The zero-order valence-electron chi connectivity index (χ0n) is 12.3. The molecule has 1 unspecified atom stereocenters. The van der Waals surface area contributed by atoms with Crippen LogP contribution >= 0.6 is 0 Å². The first-order chi connectivity index (χ1) is 10.3. The molecule has 1 heterocycles. The van der Waals surface area contributed by atoms with Crippen molar-refractivity contribution in [3.63, 3.8) is 0 Å². The van der Waals surface area contributed by atoms with Crippen LogP contribution in [-0.4, -0.2) is 41.7 Å². The summed E-state index contributed by atoms with van der Waals surface area (Å²) in [5, 5.41) is 9.45. The molecule has 0 aromatic heterocycles. The Morgan fingerprint density at radius 1 is 1.33 bits per heavy atom. The molecule has 1 amide bonds. The molecule has 0 saturated carbocycles. The number of likely N-dealkylation sites (tertiary alicyclic amines) is 1. The van der Waals surface area contributed by atoms with Crippen LogP contribution in [0.5, 0.6) is 5.75 Å². The first-order valence-electron chi connectivity index (χ1n) is 7.57. The highest BCUT2D eigenvalue weighted by Crippen LogP contribution is 2.19. The van der Waals surface area contributed by atoms with E-state index in [4.69, 9.17) is 10.5 Å². The van der Waals surface area contributed by atoms with Crippen LogP contribution in [0.4, 0.5) is 0 Å². The molecule has 1 aromatic rings. The van der Waals surface area contributed by atoms with Crippen molar-refractivity contribution < 1.29 is 14.6 Å². The SMILES string of the molecule is NCc1ccccc1OCC(=O)N1CCCCCC1CO. The minimum Gasteiger partial charge on any atom is -0.483 e. The third kappa shape index (κ3) is 4.19. The number of aliphatic hydroxyl groups is 1. The molecular weight excluding hydrogens is 268 g/mol. The summed E-state index contributed by atoms with van der Waals surface area (Å²) in [6, 6.07) is 7.40. The van der Waals surface area contributed by atoms with E-state index in [1.807, 2.05) is 24.3 Å². The second kappa shape index (κ2) is 8.00. The van der Waals surface area contributed by atoms with E-state index < -0.39 is 0 Å². The number of carbonyl (C=O) groups excluding carboxylic acids is 1. The fraction of sp³-hybridized carbons (Fsp3) is 0.562. The smallest absolute Gasteiger partial charge is 0.260 e. The Morgan fingerprint density at radius 2 is 2.14 bits per heavy atom. The number of benzene rings is 1. The van der Waals surface area contributed by atoms with Crippen LogP contribution in [0, 0.1) is 0 Å². The molecule has 21 heavy (non-hydrogen) atoms. The molecule has 0 radical (unpaired) electrons. The number of nitrogens with two attached hydrogens (primary N) is 1. The summed E-state index contributed by atoms with van der Waals surface area (Å²) in [6.07, 6.45) is 4.02. The Balaban J connectivity index is 1.96. The van der Waals surface area contributed by atoms with Crippen LogP contribution in [-0.2, 0) is 11.3 Å². The van der Waals surface area contributed by atoms with E-state index in [9.17, 15) is 9.90 Å².